The van der Waals surface area contributed by atoms with E-state index in [1.807, 2.05) is 0 Å². The van der Waals surface area contributed by atoms with Gasteiger partial charge >= 0.3 is 12.1 Å². The van der Waals surface area contributed by atoms with Gasteiger partial charge in [0.25, 0.3) is 0 Å². The van der Waals surface area contributed by atoms with E-state index in [1.165, 1.54) is 7.11 Å². The molecule has 0 unspecified atom stereocenters. The topological polar surface area (TPSA) is 178 Å². The number of anilines is 1. The van der Waals surface area contributed by atoms with Crippen LogP contribution in [0.3, 0.4) is 0 Å². The number of fused-ring (bicyclic) bond motifs is 1. The van der Waals surface area contributed by atoms with Crippen LogP contribution in [0.5, 0.6) is 11.5 Å². The maximum absolute atomic E-state index is 13.1. The molecule has 210 valence electrons. The molecule has 0 saturated carbocycles. The molecule has 3 rings (SSSR count). The van der Waals surface area contributed by atoms with E-state index >= 15 is 0 Å². The van der Waals surface area contributed by atoms with Gasteiger partial charge in [0.15, 0.2) is 11.5 Å². The maximum atomic E-state index is 13.1. The van der Waals surface area contributed by atoms with E-state index in [0.717, 1.165) is 5.56 Å². The smallest absolute Gasteiger partial charge is 0.406 e. The summed E-state index contributed by atoms with van der Waals surface area (Å²) >= 11 is 0. The molecule has 0 radical (unpaired) electrons. The Morgan fingerprint density at radius 3 is 2.46 bits per heavy atom. The average Bonchev–Trinajstić information content (AvgIpc) is 3.39. The van der Waals surface area contributed by atoms with Crippen LogP contribution in [0.1, 0.15) is 49.1 Å². The number of rotatable bonds is 14. The third-order valence-corrected chi connectivity index (χ3v) is 6.19. The molecule has 6 N–H and O–H groups in total. The number of unbranched alkanes of at least 4 members (excludes halogenated alkanes) is 1. The second kappa shape index (κ2) is 14.5. The molecule has 0 saturated heterocycles. The van der Waals surface area contributed by atoms with Crippen LogP contribution in [-0.2, 0) is 25.7 Å². The molecule has 12 heteroatoms. The molecular formula is C27H34N4O8. The van der Waals surface area contributed by atoms with E-state index in [2.05, 4.69) is 20.7 Å². The van der Waals surface area contributed by atoms with Gasteiger partial charge in [-0.15, -0.1) is 0 Å². The van der Waals surface area contributed by atoms with Gasteiger partial charge < -0.3 is 41.0 Å². The van der Waals surface area contributed by atoms with Crippen LogP contribution in [0.25, 0.3) is 0 Å². The first-order chi connectivity index (χ1) is 18.7. The fourth-order valence-electron chi connectivity index (χ4n) is 4.12. The summed E-state index contributed by atoms with van der Waals surface area (Å²) in [6, 6.07) is 11.3. The molecule has 39 heavy (non-hydrogen) atoms. The quantitative estimate of drug-likeness (QED) is 0.177. The molecule has 3 amide bonds. The van der Waals surface area contributed by atoms with E-state index in [0.29, 0.717) is 48.6 Å². The number of methoxy groups -OCH3 is 1. The summed E-state index contributed by atoms with van der Waals surface area (Å²) in [6.45, 7) is 0.671. The number of ether oxygens (including phenoxy) is 3. The third-order valence-electron chi connectivity index (χ3n) is 6.19. The normalized spacial score (nSPS) is 13.2. The van der Waals surface area contributed by atoms with Crippen molar-refractivity contribution in [2.75, 3.05) is 26.2 Å². The number of nitrogen functional groups attached to an aromatic ring is 1. The third kappa shape index (κ3) is 9.40. The number of nitrogens with two attached hydrogens (primary N) is 1. The number of carbonyl (C=O) groups is 4. The van der Waals surface area contributed by atoms with Gasteiger partial charge in [0.05, 0.1) is 13.5 Å². The summed E-state index contributed by atoms with van der Waals surface area (Å²) in [7, 11) is 1.27. The fraction of sp³-hybridized carbons (Fsp3) is 0.407. The highest BCUT2D eigenvalue weighted by Crippen LogP contribution is 2.36. The number of amides is 3. The second-order valence-electron chi connectivity index (χ2n) is 9.11. The Morgan fingerprint density at radius 1 is 1.00 bits per heavy atom. The van der Waals surface area contributed by atoms with Gasteiger partial charge in [0, 0.05) is 31.1 Å². The highest BCUT2D eigenvalue weighted by Gasteiger charge is 2.26. The first-order valence-electron chi connectivity index (χ1n) is 12.6. The van der Waals surface area contributed by atoms with Gasteiger partial charge in [-0.25, -0.2) is 4.79 Å². The number of hydrogen-bond donors (Lipinski definition) is 5. The molecule has 0 spiro atoms. The van der Waals surface area contributed by atoms with Crippen molar-refractivity contribution in [3.05, 3.63) is 53.6 Å². The standard InChI is InChI=1S/C27H34N4O8/c1-37-27(36)29-11-3-2-4-21(26(35)30-15-17-5-8-20(28)9-6-17)31-24(32)13-19(14-25(33)34)18-7-10-22-23(12-18)39-16-38-22/h5-10,12,19,21H,2-4,11,13-16,28H2,1H3,(H,29,36)(H,30,35)(H,31,32)(H,33,34)/t19-,21-/m0/s1. The molecule has 2 atom stereocenters. The molecule has 0 bridgehead atoms. The monoisotopic (exact) mass is 542 g/mol. The predicted octanol–water partition coefficient (Wildman–Crippen LogP) is 2.27. The van der Waals surface area contributed by atoms with E-state index in [-0.39, 0.29) is 32.1 Å². The minimum absolute atomic E-state index is 0.0746. The molecule has 1 heterocycles. The van der Waals surface area contributed by atoms with Gasteiger partial charge in [-0.1, -0.05) is 18.2 Å². The Balaban J connectivity index is 1.64. The zero-order valence-electron chi connectivity index (χ0n) is 21.7. The van der Waals surface area contributed by atoms with Crippen LogP contribution in [0.15, 0.2) is 42.5 Å². The number of aliphatic carboxylic acids is 1. The Bertz CT molecular complexity index is 1150. The fourth-order valence-corrected chi connectivity index (χ4v) is 4.12. The molecule has 2 aromatic rings. The molecular weight excluding hydrogens is 508 g/mol. The lowest BCUT2D eigenvalue weighted by atomic mass is 9.91. The summed E-state index contributed by atoms with van der Waals surface area (Å²) in [5.41, 5.74) is 7.78. The van der Waals surface area contributed by atoms with Crippen molar-refractivity contribution in [1.29, 1.82) is 0 Å². The van der Waals surface area contributed by atoms with Gasteiger partial charge in [-0.05, 0) is 54.7 Å². The van der Waals surface area contributed by atoms with Crippen LogP contribution in [0.2, 0.25) is 0 Å². The van der Waals surface area contributed by atoms with Crippen LogP contribution < -0.4 is 31.2 Å². The minimum atomic E-state index is -1.05. The number of alkyl carbamates (subject to hydrolysis) is 1. The first kappa shape index (κ1) is 29.1. The van der Waals surface area contributed by atoms with E-state index < -0.39 is 29.9 Å². The molecule has 0 fully saturated rings. The number of hydrogen-bond acceptors (Lipinski definition) is 8. The zero-order valence-corrected chi connectivity index (χ0v) is 21.7. The summed E-state index contributed by atoms with van der Waals surface area (Å²) in [5, 5.41) is 17.6. The molecule has 12 nitrogen and oxygen atoms in total. The average molecular weight is 543 g/mol. The summed E-state index contributed by atoms with van der Waals surface area (Å²) in [5.74, 6) is -1.49. The molecule has 0 aliphatic carbocycles. The Morgan fingerprint density at radius 2 is 1.74 bits per heavy atom. The van der Waals surface area contributed by atoms with Crippen molar-refractivity contribution in [3.8, 4) is 11.5 Å². The lowest BCUT2D eigenvalue weighted by molar-refractivity contribution is -0.137. The maximum Gasteiger partial charge on any atom is 0.406 e. The van der Waals surface area contributed by atoms with Crippen LogP contribution >= 0.6 is 0 Å². The molecule has 0 aromatic heterocycles. The van der Waals surface area contributed by atoms with Crippen molar-refractivity contribution in [2.24, 2.45) is 0 Å². The van der Waals surface area contributed by atoms with Crippen molar-refractivity contribution in [2.45, 2.75) is 50.6 Å². The van der Waals surface area contributed by atoms with Crippen LogP contribution in [-0.4, -0.2) is 55.5 Å². The summed E-state index contributed by atoms with van der Waals surface area (Å²) in [4.78, 5) is 48.9. The second-order valence-corrected chi connectivity index (χ2v) is 9.11. The van der Waals surface area contributed by atoms with Gasteiger partial charge in [-0.3, -0.25) is 14.4 Å². The Kier molecular flexibility index (Phi) is 10.8. The van der Waals surface area contributed by atoms with Crippen molar-refractivity contribution < 1.29 is 38.5 Å². The number of nitrogens with one attached hydrogen (secondary N) is 3. The Hall–Kier alpha value is -4.48. The van der Waals surface area contributed by atoms with Crippen molar-refractivity contribution in [1.82, 2.24) is 16.0 Å². The van der Waals surface area contributed by atoms with Crippen molar-refractivity contribution >= 4 is 29.6 Å². The largest absolute Gasteiger partial charge is 0.481 e. The summed E-state index contributed by atoms with van der Waals surface area (Å²) < 4.78 is 15.2. The predicted molar refractivity (Wildman–Crippen MR) is 141 cm³/mol. The minimum Gasteiger partial charge on any atom is -0.481 e. The molecule has 1 aliphatic rings. The highest BCUT2D eigenvalue weighted by atomic mass is 16.7. The SMILES string of the molecule is COC(=O)NCCCC[C@H](NC(=O)C[C@@H](CC(=O)O)c1ccc2c(c1)OCO2)C(=O)NCc1ccc(N)cc1. The number of carboxylic acid groups (broad SMARTS) is 1. The number of benzene rings is 2. The van der Waals surface area contributed by atoms with E-state index in [4.69, 9.17) is 15.2 Å². The molecule has 2 aromatic carbocycles. The van der Waals surface area contributed by atoms with Crippen LogP contribution in [0.4, 0.5) is 10.5 Å². The zero-order chi connectivity index (χ0) is 28.2. The first-order valence-corrected chi connectivity index (χ1v) is 12.6. The van der Waals surface area contributed by atoms with Gasteiger partial charge in [-0.2, -0.15) is 0 Å². The lowest BCUT2D eigenvalue weighted by Gasteiger charge is -2.21. The van der Waals surface area contributed by atoms with Crippen molar-refractivity contribution in [3.63, 3.8) is 0 Å². The van der Waals surface area contributed by atoms with E-state index in [1.54, 1.807) is 42.5 Å². The van der Waals surface area contributed by atoms with Gasteiger partial charge in [0.2, 0.25) is 18.6 Å². The Labute approximate surface area is 226 Å². The molecule has 1 aliphatic heterocycles. The van der Waals surface area contributed by atoms with Crippen LogP contribution in [0, 0.1) is 0 Å². The number of carboxylic acids is 1. The summed E-state index contributed by atoms with van der Waals surface area (Å²) in [6.07, 6.45) is 0.443. The highest BCUT2D eigenvalue weighted by molar-refractivity contribution is 5.88. The lowest BCUT2D eigenvalue weighted by Crippen LogP contribution is -2.46. The van der Waals surface area contributed by atoms with E-state index in [9.17, 15) is 24.3 Å². The van der Waals surface area contributed by atoms with Gasteiger partial charge in [0.1, 0.15) is 6.04 Å². The number of carbonyl (C=O) groups excluding carboxylic acids is 3.